The topological polar surface area (TPSA) is 81.3 Å². The van der Waals surface area contributed by atoms with Gasteiger partial charge >= 0.3 is 11.7 Å². The lowest BCUT2D eigenvalue weighted by molar-refractivity contribution is 0.0699. The van der Waals surface area contributed by atoms with Crippen LogP contribution in [0.15, 0.2) is 15.0 Å². The van der Waals surface area contributed by atoms with E-state index in [1.165, 1.54) is 12.4 Å². The SMILES string of the molecule is Cn1c(=O)c2c(C(=O)O)csc2n(C2CC2)c1=O. The first-order chi connectivity index (χ1) is 8.52. The number of nitrogens with zero attached hydrogens (tertiary/aromatic N) is 2. The van der Waals surface area contributed by atoms with E-state index in [4.69, 9.17) is 5.11 Å². The summed E-state index contributed by atoms with van der Waals surface area (Å²) in [4.78, 5) is 35.6. The highest BCUT2D eigenvalue weighted by atomic mass is 32.1. The standard InChI is InChI=1S/C11H10N2O4S/c1-12-8(14)7-6(10(15)16)4-18-9(7)13(11(12)17)5-2-3-5/h4-5H,2-3H2,1H3,(H,15,16). The van der Waals surface area contributed by atoms with Crippen LogP contribution < -0.4 is 11.2 Å². The molecule has 2 aromatic heterocycles. The molecule has 0 radical (unpaired) electrons. The van der Waals surface area contributed by atoms with Crippen molar-refractivity contribution in [3.8, 4) is 0 Å². The summed E-state index contributed by atoms with van der Waals surface area (Å²) in [6.07, 6.45) is 1.79. The third-order valence-electron chi connectivity index (χ3n) is 3.14. The molecule has 1 aliphatic rings. The van der Waals surface area contributed by atoms with E-state index in [-0.39, 0.29) is 22.7 Å². The lowest BCUT2D eigenvalue weighted by Crippen LogP contribution is -2.37. The van der Waals surface area contributed by atoms with Crippen molar-refractivity contribution in [1.29, 1.82) is 0 Å². The first kappa shape index (κ1) is 11.2. The Labute approximate surface area is 105 Å². The number of fused-ring (bicyclic) bond motifs is 1. The van der Waals surface area contributed by atoms with Crippen molar-refractivity contribution in [3.05, 3.63) is 31.8 Å². The van der Waals surface area contributed by atoms with Crippen LogP contribution in [0.25, 0.3) is 10.2 Å². The second-order valence-electron chi connectivity index (χ2n) is 4.38. The third-order valence-corrected chi connectivity index (χ3v) is 4.12. The van der Waals surface area contributed by atoms with Crippen molar-refractivity contribution in [3.63, 3.8) is 0 Å². The molecular weight excluding hydrogens is 256 g/mol. The zero-order valence-electron chi connectivity index (χ0n) is 9.54. The van der Waals surface area contributed by atoms with E-state index < -0.39 is 11.5 Å². The van der Waals surface area contributed by atoms with Gasteiger partial charge in [0.05, 0.1) is 10.9 Å². The first-order valence-corrected chi connectivity index (χ1v) is 6.36. The first-order valence-electron chi connectivity index (χ1n) is 5.48. The number of aromatic carboxylic acids is 1. The van der Waals surface area contributed by atoms with Gasteiger partial charge in [0.2, 0.25) is 0 Å². The quantitative estimate of drug-likeness (QED) is 0.871. The van der Waals surface area contributed by atoms with Gasteiger partial charge in [0.25, 0.3) is 5.56 Å². The van der Waals surface area contributed by atoms with Crippen molar-refractivity contribution in [1.82, 2.24) is 9.13 Å². The Kier molecular flexibility index (Phi) is 2.21. The predicted octanol–water partition coefficient (Wildman–Crippen LogP) is 0.795. The highest BCUT2D eigenvalue weighted by Gasteiger charge is 2.30. The molecule has 2 heterocycles. The van der Waals surface area contributed by atoms with Crippen LogP contribution in [0.5, 0.6) is 0 Å². The van der Waals surface area contributed by atoms with E-state index in [0.29, 0.717) is 4.83 Å². The van der Waals surface area contributed by atoms with Crippen LogP contribution in [0.4, 0.5) is 0 Å². The normalized spacial score (nSPS) is 15.2. The molecule has 0 aliphatic heterocycles. The zero-order valence-corrected chi connectivity index (χ0v) is 10.4. The molecule has 7 heteroatoms. The number of carbonyl (C=O) groups is 1. The summed E-state index contributed by atoms with van der Waals surface area (Å²) in [5, 5.41) is 10.6. The fourth-order valence-corrected chi connectivity index (χ4v) is 3.15. The fourth-order valence-electron chi connectivity index (χ4n) is 2.05. The molecule has 1 fully saturated rings. The highest BCUT2D eigenvalue weighted by molar-refractivity contribution is 7.17. The molecule has 0 saturated heterocycles. The van der Waals surface area contributed by atoms with Crippen molar-refractivity contribution in [2.75, 3.05) is 0 Å². The largest absolute Gasteiger partial charge is 0.478 e. The molecule has 1 saturated carbocycles. The van der Waals surface area contributed by atoms with Gasteiger partial charge in [-0.15, -0.1) is 11.3 Å². The Balaban J connectivity index is 2.53. The molecule has 3 rings (SSSR count). The van der Waals surface area contributed by atoms with Crippen molar-refractivity contribution in [2.45, 2.75) is 18.9 Å². The second kappa shape index (κ2) is 3.55. The van der Waals surface area contributed by atoms with Gasteiger partial charge in [-0.1, -0.05) is 0 Å². The predicted molar refractivity (Wildman–Crippen MR) is 66.6 cm³/mol. The van der Waals surface area contributed by atoms with E-state index >= 15 is 0 Å². The molecule has 1 N–H and O–H groups in total. The summed E-state index contributed by atoms with van der Waals surface area (Å²) in [7, 11) is 1.38. The number of carboxylic acids is 1. The molecule has 1 aliphatic carbocycles. The number of carboxylic acid groups (broad SMARTS) is 1. The molecule has 0 unspecified atom stereocenters. The van der Waals surface area contributed by atoms with Crippen molar-refractivity contribution < 1.29 is 9.90 Å². The minimum absolute atomic E-state index is 0.0231. The number of thiophene rings is 1. The monoisotopic (exact) mass is 266 g/mol. The maximum absolute atomic E-state index is 12.0. The summed E-state index contributed by atoms with van der Waals surface area (Å²) in [5.74, 6) is -1.14. The average Bonchev–Trinajstić information content (AvgIpc) is 3.04. The Morgan fingerprint density at radius 3 is 2.67 bits per heavy atom. The molecule has 0 amide bonds. The van der Waals surface area contributed by atoms with Crippen LogP contribution in [-0.2, 0) is 7.05 Å². The molecule has 94 valence electrons. The van der Waals surface area contributed by atoms with E-state index in [0.717, 1.165) is 28.7 Å². The van der Waals surface area contributed by atoms with E-state index in [9.17, 15) is 14.4 Å². The third kappa shape index (κ3) is 1.37. The molecule has 0 aromatic carbocycles. The Morgan fingerprint density at radius 1 is 1.44 bits per heavy atom. The van der Waals surface area contributed by atoms with Gasteiger partial charge in [-0.3, -0.25) is 13.9 Å². The van der Waals surface area contributed by atoms with E-state index in [1.807, 2.05) is 0 Å². The van der Waals surface area contributed by atoms with Gasteiger partial charge < -0.3 is 5.11 Å². The van der Waals surface area contributed by atoms with Crippen LogP contribution in [0.3, 0.4) is 0 Å². The summed E-state index contributed by atoms with van der Waals surface area (Å²) in [6.45, 7) is 0. The zero-order chi connectivity index (χ0) is 13.0. The minimum atomic E-state index is -1.14. The van der Waals surface area contributed by atoms with Gasteiger partial charge in [-0.25, -0.2) is 9.59 Å². The number of hydrogen-bond acceptors (Lipinski definition) is 4. The van der Waals surface area contributed by atoms with Gasteiger partial charge in [0.15, 0.2) is 0 Å². The molecule has 0 spiro atoms. The number of aromatic nitrogens is 2. The highest BCUT2D eigenvalue weighted by Crippen LogP contribution is 2.37. The van der Waals surface area contributed by atoms with Gasteiger partial charge in [0, 0.05) is 18.5 Å². The second-order valence-corrected chi connectivity index (χ2v) is 5.24. The molecule has 2 aromatic rings. The summed E-state index contributed by atoms with van der Waals surface area (Å²) < 4.78 is 2.54. The van der Waals surface area contributed by atoms with Gasteiger partial charge in [-0.2, -0.15) is 0 Å². The van der Waals surface area contributed by atoms with E-state index in [2.05, 4.69) is 0 Å². The van der Waals surface area contributed by atoms with Gasteiger partial charge in [0.1, 0.15) is 4.83 Å². The van der Waals surface area contributed by atoms with Crippen LogP contribution in [0.2, 0.25) is 0 Å². The Hall–Kier alpha value is -1.89. The molecular formula is C11H10N2O4S. The maximum Gasteiger partial charge on any atom is 0.337 e. The van der Waals surface area contributed by atoms with Crippen LogP contribution in [0.1, 0.15) is 29.2 Å². The Morgan fingerprint density at radius 2 is 2.11 bits per heavy atom. The molecule has 6 nitrogen and oxygen atoms in total. The summed E-state index contributed by atoms with van der Waals surface area (Å²) in [6, 6.07) is 0.104. The van der Waals surface area contributed by atoms with Crippen LogP contribution >= 0.6 is 11.3 Å². The average molecular weight is 266 g/mol. The smallest absolute Gasteiger partial charge is 0.337 e. The fraction of sp³-hybridized carbons (Fsp3) is 0.364. The summed E-state index contributed by atoms with van der Waals surface area (Å²) >= 11 is 1.14. The molecule has 0 bridgehead atoms. The van der Waals surface area contributed by atoms with Crippen LogP contribution in [0, 0.1) is 0 Å². The summed E-state index contributed by atoms with van der Waals surface area (Å²) in [5.41, 5.74) is -0.927. The molecule has 0 atom stereocenters. The van der Waals surface area contributed by atoms with Crippen LogP contribution in [-0.4, -0.2) is 20.2 Å². The maximum atomic E-state index is 12.0. The lowest BCUT2D eigenvalue weighted by Gasteiger charge is -2.07. The lowest BCUT2D eigenvalue weighted by atomic mass is 10.2. The van der Waals surface area contributed by atoms with E-state index in [1.54, 1.807) is 4.57 Å². The Bertz CT molecular complexity index is 779. The minimum Gasteiger partial charge on any atom is -0.478 e. The van der Waals surface area contributed by atoms with Crippen molar-refractivity contribution >= 4 is 27.5 Å². The van der Waals surface area contributed by atoms with Gasteiger partial charge in [-0.05, 0) is 12.8 Å². The molecule has 18 heavy (non-hydrogen) atoms. The number of rotatable bonds is 2. The number of hydrogen-bond donors (Lipinski definition) is 1. The van der Waals surface area contributed by atoms with Crippen molar-refractivity contribution in [2.24, 2.45) is 7.05 Å².